The molecule has 0 aliphatic carbocycles. The van der Waals surface area contributed by atoms with E-state index in [-0.39, 0.29) is 24.2 Å². The molecule has 0 aromatic heterocycles. The number of benzene rings is 1. The van der Waals surface area contributed by atoms with E-state index < -0.39 is 45.9 Å². The Balaban J connectivity index is 2.32. The minimum Gasteiger partial charge on any atom is -0.338 e. The number of carbonyl (C=O) groups excluding carboxylic acids is 1. The Morgan fingerprint density at radius 3 is 2.15 bits per heavy atom. The molecule has 11 heteroatoms. The maximum absolute atomic E-state index is 13.2. The molecule has 0 unspecified atom stereocenters. The first kappa shape index (κ1) is 20.4. The lowest BCUT2D eigenvalue weighted by Gasteiger charge is -2.32. The highest BCUT2D eigenvalue weighted by molar-refractivity contribution is 7.93. The van der Waals surface area contributed by atoms with Gasteiger partial charge >= 0.3 is 15.5 Å². The second-order valence-corrected chi connectivity index (χ2v) is 7.86. The van der Waals surface area contributed by atoms with Gasteiger partial charge in [0.05, 0.1) is 5.69 Å². The first-order chi connectivity index (χ1) is 11.7. The van der Waals surface area contributed by atoms with Gasteiger partial charge in [-0.1, -0.05) is 6.07 Å². The number of nitrogens with one attached hydrogen (secondary N) is 1. The molecule has 0 radical (unpaired) electrons. The Morgan fingerprint density at radius 1 is 1.12 bits per heavy atom. The smallest absolute Gasteiger partial charge is 0.338 e. The lowest BCUT2D eigenvalue weighted by atomic mass is 10.0. The van der Waals surface area contributed by atoms with E-state index in [1.54, 1.807) is 0 Å². The van der Waals surface area contributed by atoms with Gasteiger partial charge in [-0.2, -0.15) is 21.6 Å². The van der Waals surface area contributed by atoms with Crippen LogP contribution in [0.5, 0.6) is 0 Å². The maximum Gasteiger partial charge on any atom is 0.516 e. The first-order valence-corrected chi connectivity index (χ1v) is 9.09. The molecule has 1 heterocycles. The van der Waals surface area contributed by atoms with E-state index in [1.165, 1.54) is 29.5 Å². The molecule has 1 aliphatic heterocycles. The third-order valence-corrected chi connectivity index (χ3v) is 5.23. The lowest BCUT2D eigenvalue weighted by molar-refractivity contribution is -0.0495. The monoisotopic (exact) mass is 400 g/mol. The molecule has 1 amide bonds. The van der Waals surface area contributed by atoms with Gasteiger partial charge in [0.2, 0.25) is 0 Å². The first-order valence-electron chi connectivity index (χ1n) is 7.61. The SMILES string of the molecule is Cc1cc(C)c(C(=O)N2CCC(F)(F)CC2)cc1NS(=O)(=O)C(F)(F)F. The van der Waals surface area contributed by atoms with E-state index in [0.717, 1.165) is 6.07 Å². The van der Waals surface area contributed by atoms with Gasteiger partial charge in [0.15, 0.2) is 0 Å². The van der Waals surface area contributed by atoms with Crippen molar-refractivity contribution in [1.29, 1.82) is 0 Å². The third-order valence-electron chi connectivity index (χ3n) is 4.13. The molecule has 1 fully saturated rings. The number of amides is 1. The minimum absolute atomic E-state index is 0.0410. The number of halogens is 5. The average Bonchev–Trinajstić information content (AvgIpc) is 2.48. The largest absolute Gasteiger partial charge is 0.516 e. The van der Waals surface area contributed by atoms with E-state index in [0.29, 0.717) is 5.56 Å². The Hall–Kier alpha value is -1.91. The fourth-order valence-electron chi connectivity index (χ4n) is 2.60. The maximum atomic E-state index is 13.2. The van der Waals surface area contributed by atoms with Crippen molar-refractivity contribution in [1.82, 2.24) is 4.90 Å². The highest BCUT2D eigenvalue weighted by Gasteiger charge is 2.46. The highest BCUT2D eigenvalue weighted by atomic mass is 32.2. The standard InChI is InChI=1S/C15H17F5N2O3S/c1-9-7-10(2)12(21-26(24,25)15(18,19)20)8-11(9)13(23)22-5-3-14(16,17)4-6-22/h7-8,21H,3-6H2,1-2H3. The average molecular weight is 400 g/mol. The number of alkyl halides is 5. The normalized spacial score (nSPS) is 17.9. The van der Waals surface area contributed by atoms with Crippen LogP contribution in [0, 0.1) is 13.8 Å². The number of rotatable bonds is 3. The molecule has 1 saturated heterocycles. The van der Waals surface area contributed by atoms with Crippen molar-refractivity contribution in [3.63, 3.8) is 0 Å². The van der Waals surface area contributed by atoms with Crippen molar-refractivity contribution < 1.29 is 35.2 Å². The van der Waals surface area contributed by atoms with E-state index in [4.69, 9.17) is 0 Å². The summed E-state index contributed by atoms with van der Waals surface area (Å²) in [6, 6.07) is 2.36. The molecule has 5 nitrogen and oxygen atoms in total. The van der Waals surface area contributed by atoms with Crippen molar-refractivity contribution in [2.24, 2.45) is 0 Å². The second-order valence-electron chi connectivity index (χ2n) is 6.18. The summed E-state index contributed by atoms with van der Waals surface area (Å²) in [6.07, 6.45) is -1.01. The van der Waals surface area contributed by atoms with Crippen LogP contribution in [0.3, 0.4) is 0 Å². The van der Waals surface area contributed by atoms with Crippen LogP contribution in [0.2, 0.25) is 0 Å². The van der Waals surface area contributed by atoms with Gasteiger partial charge in [0.1, 0.15) is 0 Å². The molecule has 1 aromatic carbocycles. The van der Waals surface area contributed by atoms with Crippen LogP contribution in [-0.4, -0.2) is 43.7 Å². The summed E-state index contributed by atoms with van der Waals surface area (Å²) in [7, 11) is -5.64. The van der Waals surface area contributed by atoms with Crippen molar-refractivity contribution in [2.45, 2.75) is 38.1 Å². The number of likely N-dealkylation sites (tertiary alicyclic amines) is 1. The topological polar surface area (TPSA) is 66.5 Å². The number of aryl methyl sites for hydroxylation is 2. The Bertz CT molecular complexity index is 811. The predicted molar refractivity (Wildman–Crippen MR) is 84.6 cm³/mol. The van der Waals surface area contributed by atoms with Crippen LogP contribution in [0.4, 0.5) is 27.6 Å². The van der Waals surface area contributed by atoms with Crippen LogP contribution in [0.15, 0.2) is 12.1 Å². The summed E-state index contributed by atoms with van der Waals surface area (Å²) in [5.74, 6) is -3.49. The Labute approximate surface area is 147 Å². The minimum atomic E-state index is -5.64. The molecule has 0 saturated carbocycles. The van der Waals surface area contributed by atoms with Gasteiger partial charge in [-0.3, -0.25) is 9.52 Å². The van der Waals surface area contributed by atoms with Crippen molar-refractivity contribution >= 4 is 21.6 Å². The van der Waals surface area contributed by atoms with Crippen molar-refractivity contribution in [2.75, 3.05) is 17.8 Å². The van der Waals surface area contributed by atoms with E-state index in [1.807, 2.05) is 0 Å². The molecule has 0 atom stereocenters. The third kappa shape index (κ3) is 4.25. The summed E-state index contributed by atoms with van der Waals surface area (Å²) in [6.45, 7) is 2.53. The lowest BCUT2D eigenvalue weighted by Crippen LogP contribution is -2.43. The van der Waals surface area contributed by atoms with E-state index in [9.17, 15) is 35.2 Å². The summed E-state index contributed by atoms with van der Waals surface area (Å²) in [5.41, 5.74) is -5.34. The number of carbonyl (C=O) groups is 1. The summed E-state index contributed by atoms with van der Waals surface area (Å²) < 4.78 is 88.1. The zero-order valence-corrected chi connectivity index (χ0v) is 14.8. The van der Waals surface area contributed by atoms with E-state index in [2.05, 4.69) is 0 Å². The molecule has 1 aromatic rings. The Morgan fingerprint density at radius 2 is 1.65 bits per heavy atom. The van der Waals surface area contributed by atoms with Gasteiger partial charge in [0, 0.05) is 31.5 Å². The number of anilines is 1. The molecule has 2 rings (SSSR count). The van der Waals surface area contributed by atoms with Gasteiger partial charge in [-0.05, 0) is 31.0 Å². The quantitative estimate of drug-likeness (QED) is 0.791. The molecular weight excluding hydrogens is 383 g/mol. The fraction of sp³-hybridized carbons (Fsp3) is 0.533. The van der Waals surface area contributed by atoms with Crippen LogP contribution in [0.25, 0.3) is 0 Å². The molecule has 146 valence electrons. The number of nitrogens with zero attached hydrogens (tertiary/aromatic N) is 1. The molecule has 0 spiro atoms. The summed E-state index contributed by atoms with van der Waals surface area (Å²) in [5, 5.41) is 0. The van der Waals surface area contributed by atoms with Gasteiger partial charge in [-0.15, -0.1) is 0 Å². The van der Waals surface area contributed by atoms with Crippen molar-refractivity contribution in [3.8, 4) is 0 Å². The predicted octanol–water partition coefficient (Wildman–Crippen LogP) is 3.44. The van der Waals surface area contributed by atoms with Crippen LogP contribution >= 0.6 is 0 Å². The van der Waals surface area contributed by atoms with Gasteiger partial charge in [-0.25, -0.2) is 8.78 Å². The number of hydrogen-bond acceptors (Lipinski definition) is 3. The van der Waals surface area contributed by atoms with Crippen LogP contribution in [0.1, 0.15) is 34.3 Å². The molecular formula is C15H17F5N2O3S. The zero-order chi connectivity index (χ0) is 19.9. The number of hydrogen-bond donors (Lipinski definition) is 1. The molecule has 0 bridgehead atoms. The van der Waals surface area contributed by atoms with Crippen LogP contribution in [-0.2, 0) is 10.0 Å². The highest BCUT2D eigenvalue weighted by Crippen LogP contribution is 2.31. The zero-order valence-electron chi connectivity index (χ0n) is 14.0. The van der Waals surface area contributed by atoms with Gasteiger partial charge in [0.25, 0.3) is 11.8 Å². The number of piperidine rings is 1. The second kappa shape index (κ2) is 6.67. The summed E-state index contributed by atoms with van der Waals surface area (Å²) >= 11 is 0. The van der Waals surface area contributed by atoms with Crippen LogP contribution < -0.4 is 4.72 Å². The van der Waals surface area contributed by atoms with Gasteiger partial charge < -0.3 is 4.90 Å². The molecule has 26 heavy (non-hydrogen) atoms. The molecule has 1 N–H and O–H groups in total. The number of sulfonamides is 1. The Kier molecular flexibility index (Phi) is 5.24. The molecule has 1 aliphatic rings. The van der Waals surface area contributed by atoms with Crippen molar-refractivity contribution in [3.05, 3.63) is 28.8 Å². The van der Waals surface area contributed by atoms with E-state index >= 15 is 0 Å². The fourth-order valence-corrected chi connectivity index (χ4v) is 3.23. The summed E-state index contributed by atoms with van der Waals surface area (Å²) in [4.78, 5) is 13.7.